The highest BCUT2D eigenvalue weighted by Gasteiger charge is 2.38. The monoisotopic (exact) mass is 480 g/mol. The van der Waals surface area contributed by atoms with Crippen molar-refractivity contribution in [3.63, 3.8) is 0 Å². The van der Waals surface area contributed by atoms with E-state index in [2.05, 4.69) is 49.2 Å². The Morgan fingerprint density at radius 2 is 2.10 bits per heavy atom. The van der Waals surface area contributed by atoms with Crippen molar-refractivity contribution in [1.29, 1.82) is 0 Å². The molecular formula is C11H18BrIN2O6. The summed E-state index contributed by atoms with van der Waals surface area (Å²) < 4.78 is 3.26. The van der Waals surface area contributed by atoms with Crippen LogP contribution in [0.5, 0.6) is 0 Å². The van der Waals surface area contributed by atoms with Crippen LogP contribution in [0.3, 0.4) is 0 Å². The Kier molecular flexibility index (Phi) is 12.9. The van der Waals surface area contributed by atoms with Crippen molar-refractivity contribution < 1.29 is 24.7 Å². The number of amides is 1. The lowest BCUT2D eigenvalue weighted by atomic mass is 10.0. The summed E-state index contributed by atoms with van der Waals surface area (Å²) in [6, 6.07) is 0. The van der Waals surface area contributed by atoms with Crippen molar-refractivity contribution in [2.24, 2.45) is 11.7 Å². The van der Waals surface area contributed by atoms with E-state index >= 15 is 0 Å². The van der Waals surface area contributed by atoms with E-state index in [0.29, 0.717) is 17.0 Å². The number of carbonyl (C=O) groups excluding carboxylic acids is 1. The summed E-state index contributed by atoms with van der Waals surface area (Å²) in [6.07, 6.45) is 5.02. The summed E-state index contributed by atoms with van der Waals surface area (Å²) in [5.41, 5.74) is 4.82. The molecule has 0 fully saturated rings. The summed E-state index contributed by atoms with van der Waals surface area (Å²) in [5, 5.41) is 26.5. The smallest absolute Gasteiger partial charge is 0.404 e. The number of primary amides is 1. The minimum absolute atomic E-state index is 0.197. The van der Waals surface area contributed by atoms with E-state index in [1.54, 1.807) is 0 Å². The number of rotatable bonds is 7. The molecule has 0 aromatic rings. The molecule has 0 bridgehead atoms. The number of aliphatic hydroxyl groups is 2. The molecule has 0 aromatic carbocycles. The van der Waals surface area contributed by atoms with Gasteiger partial charge in [-0.2, -0.15) is 0 Å². The molecule has 0 heterocycles. The predicted molar refractivity (Wildman–Crippen MR) is 88.8 cm³/mol. The predicted octanol–water partition coefficient (Wildman–Crippen LogP) is 0.884. The van der Waals surface area contributed by atoms with Crippen molar-refractivity contribution in [3.8, 4) is 12.3 Å². The molecule has 0 aliphatic carbocycles. The van der Waals surface area contributed by atoms with E-state index in [0.717, 1.165) is 0 Å². The maximum absolute atomic E-state index is 10.3. The zero-order chi connectivity index (χ0) is 17.1. The molecule has 8 nitrogen and oxygen atoms in total. The highest BCUT2D eigenvalue weighted by Crippen LogP contribution is 2.17. The summed E-state index contributed by atoms with van der Waals surface area (Å²) in [4.78, 5) is 19.4. The molecule has 0 radical (unpaired) electrons. The number of alkyl halides is 2. The van der Waals surface area contributed by atoms with Crippen LogP contribution < -0.4 is 5.73 Å². The van der Waals surface area contributed by atoms with Gasteiger partial charge in [0.2, 0.25) is 0 Å². The quantitative estimate of drug-likeness (QED) is 0.123. The number of nitro groups is 1. The lowest BCUT2D eigenvalue weighted by Gasteiger charge is -2.15. The third-order valence-electron chi connectivity index (χ3n) is 2.28. The van der Waals surface area contributed by atoms with Gasteiger partial charge in [-0.05, 0) is 0 Å². The first-order chi connectivity index (χ1) is 9.64. The van der Waals surface area contributed by atoms with Crippen LogP contribution in [0.2, 0.25) is 0 Å². The maximum atomic E-state index is 10.3. The normalized spacial score (nSPS) is 13.1. The van der Waals surface area contributed by atoms with E-state index in [1.807, 2.05) is 6.92 Å². The Morgan fingerprint density at radius 3 is 2.29 bits per heavy atom. The van der Waals surface area contributed by atoms with Crippen molar-refractivity contribution in [2.45, 2.75) is 21.7 Å². The minimum atomic E-state index is -1.77. The number of nitrogens with two attached hydrogens (primary N) is 1. The van der Waals surface area contributed by atoms with Crippen molar-refractivity contribution in [3.05, 3.63) is 10.1 Å². The zero-order valence-corrected chi connectivity index (χ0v) is 15.1. The van der Waals surface area contributed by atoms with Gasteiger partial charge < -0.3 is 20.7 Å². The zero-order valence-electron chi connectivity index (χ0n) is 11.4. The van der Waals surface area contributed by atoms with Crippen LogP contribution in [0.4, 0.5) is 4.79 Å². The first-order valence-electron chi connectivity index (χ1n) is 5.69. The fraction of sp³-hybridized carbons (Fsp3) is 0.727. The fourth-order valence-electron chi connectivity index (χ4n) is 0.860. The van der Waals surface area contributed by atoms with Gasteiger partial charge >= 0.3 is 10.5 Å². The van der Waals surface area contributed by atoms with Crippen LogP contribution in [0, 0.1) is 28.4 Å². The molecule has 0 saturated heterocycles. The molecule has 0 saturated carbocycles. The summed E-state index contributed by atoms with van der Waals surface area (Å²) in [7, 11) is 0. The molecular weight excluding hydrogens is 463 g/mol. The van der Waals surface area contributed by atoms with Crippen LogP contribution in [0.15, 0.2) is 0 Å². The molecule has 0 aliphatic heterocycles. The molecule has 122 valence electrons. The van der Waals surface area contributed by atoms with E-state index in [9.17, 15) is 14.9 Å². The second-order valence-electron chi connectivity index (χ2n) is 3.97. The van der Waals surface area contributed by atoms with Crippen molar-refractivity contribution in [2.75, 3.05) is 19.8 Å². The summed E-state index contributed by atoms with van der Waals surface area (Å²) >= 11 is 4.80. The van der Waals surface area contributed by atoms with Crippen LogP contribution in [0.25, 0.3) is 0 Å². The van der Waals surface area contributed by atoms with E-state index in [4.69, 9.17) is 22.4 Å². The van der Waals surface area contributed by atoms with Crippen LogP contribution in [0.1, 0.15) is 13.3 Å². The average molecular weight is 481 g/mol. The van der Waals surface area contributed by atoms with E-state index < -0.39 is 28.7 Å². The Balaban J connectivity index is 0. The topological polar surface area (TPSA) is 136 Å². The SMILES string of the molecule is C#CCC(COC(N)=O)C(C)I.O=[N+]([O-])C(Br)(CO)CO. The average Bonchev–Trinajstić information content (AvgIpc) is 2.42. The fourth-order valence-corrected chi connectivity index (χ4v) is 1.32. The number of ether oxygens (including phenoxy) is 1. The minimum Gasteiger partial charge on any atom is -0.449 e. The first-order valence-corrected chi connectivity index (χ1v) is 7.73. The van der Waals surface area contributed by atoms with Gasteiger partial charge in [-0.3, -0.25) is 10.1 Å². The molecule has 1 amide bonds. The van der Waals surface area contributed by atoms with Gasteiger partial charge in [-0.15, -0.1) is 12.3 Å². The van der Waals surface area contributed by atoms with Crippen LogP contribution in [-0.4, -0.2) is 49.4 Å². The standard InChI is InChI=1S/C8H12INO2.C3H6BrNO4/c1-3-4-7(6(2)9)5-12-8(10)11;4-3(1-6,2-7)5(8)9/h1,6-7H,4-5H2,2H3,(H2,10,11);6-7H,1-2H2. The maximum Gasteiger partial charge on any atom is 0.404 e. The molecule has 0 spiro atoms. The van der Waals surface area contributed by atoms with Crippen molar-refractivity contribution >= 4 is 44.6 Å². The van der Waals surface area contributed by atoms with Crippen LogP contribution >= 0.6 is 38.5 Å². The number of nitrogens with zero attached hydrogens (tertiary/aromatic N) is 1. The second kappa shape index (κ2) is 12.0. The molecule has 4 N–H and O–H groups in total. The Labute approximate surface area is 144 Å². The number of terminal acetylenes is 1. The number of hydrogen-bond donors (Lipinski definition) is 3. The van der Waals surface area contributed by atoms with Gasteiger partial charge in [0.05, 0.1) is 6.61 Å². The third-order valence-corrected chi connectivity index (χ3v) is 4.09. The number of hydrogen-bond acceptors (Lipinski definition) is 6. The largest absolute Gasteiger partial charge is 0.449 e. The summed E-state index contributed by atoms with van der Waals surface area (Å²) in [5.74, 6) is 2.73. The Morgan fingerprint density at radius 1 is 1.62 bits per heavy atom. The molecule has 0 aliphatic rings. The number of carbonyl (C=O) groups is 1. The van der Waals surface area contributed by atoms with Crippen molar-refractivity contribution in [1.82, 2.24) is 0 Å². The Bertz CT molecular complexity index is 370. The van der Waals surface area contributed by atoms with Gasteiger partial charge in [0.15, 0.2) is 0 Å². The summed E-state index contributed by atoms with van der Waals surface area (Å²) in [6.45, 7) is 0.879. The Hall–Kier alpha value is -0.640. The number of aliphatic hydroxyl groups excluding tert-OH is 2. The van der Waals surface area contributed by atoms with Gasteiger partial charge in [0.25, 0.3) is 0 Å². The third kappa shape index (κ3) is 10.7. The highest BCUT2D eigenvalue weighted by atomic mass is 127. The second-order valence-corrected chi connectivity index (χ2v) is 7.41. The molecule has 0 rings (SSSR count). The molecule has 21 heavy (non-hydrogen) atoms. The highest BCUT2D eigenvalue weighted by molar-refractivity contribution is 14.1. The lowest BCUT2D eigenvalue weighted by molar-refractivity contribution is -0.542. The first kappa shape index (κ1) is 22.6. The van der Waals surface area contributed by atoms with Crippen LogP contribution in [-0.2, 0) is 4.74 Å². The van der Waals surface area contributed by atoms with Gasteiger partial charge in [-0.1, -0.05) is 29.5 Å². The van der Waals surface area contributed by atoms with E-state index in [1.165, 1.54) is 0 Å². The van der Waals surface area contributed by atoms with Gasteiger partial charge in [-0.25, -0.2) is 4.79 Å². The lowest BCUT2D eigenvalue weighted by Crippen LogP contribution is -2.39. The van der Waals surface area contributed by atoms with Gasteiger partial charge in [0, 0.05) is 37.1 Å². The van der Waals surface area contributed by atoms with E-state index in [-0.39, 0.29) is 5.92 Å². The molecule has 0 aromatic heterocycles. The van der Waals surface area contributed by atoms with Gasteiger partial charge in [0.1, 0.15) is 13.2 Å². The molecule has 2 unspecified atom stereocenters. The number of halogens is 2. The molecule has 10 heteroatoms. The molecule has 2 atom stereocenters.